The molecular formula is C11H9Cl3N4. The molecule has 0 bridgehead atoms. The number of nitrogens with one attached hydrogen (secondary N) is 2. The number of hydrazine groups is 1. The Kier molecular flexibility index (Phi) is 4.14. The highest BCUT2D eigenvalue weighted by Crippen LogP contribution is 2.30. The summed E-state index contributed by atoms with van der Waals surface area (Å²) in [5.41, 5.74) is 3.16. The number of anilines is 3. The van der Waals surface area contributed by atoms with Crippen molar-refractivity contribution in [1.82, 2.24) is 4.98 Å². The second kappa shape index (κ2) is 5.63. The quantitative estimate of drug-likeness (QED) is 0.591. The van der Waals surface area contributed by atoms with E-state index in [-0.39, 0.29) is 0 Å². The second-order valence-corrected chi connectivity index (χ2v) is 4.68. The first kappa shape index (κ1) is 13.2. The van der Waals surface area contributed by atoms with Gasteiger partial charge in [0.25, 0.3) is 0 Å². The molecule has 4 nitrogen and oxygen atoms in total. The Morgan fingerprint density at radius 3 is 2.39 bits per heavy atom. The van der Waals surface area contributed by atoms with Crippen molar-refractivity contribution in [3.63, 3.8) is 0 Å². The summed E-state index contributed by atoms with van der Waals surface area (Å²) in [5.74, 6) is 6.08. The van der Waals surface area contributed by atoms with Crippen LogP contribution in [0.5, 0.6) is 0 Å². The van der Waals surface area contributed by atoms with Gasteiger partial charge in [-0.3, -0.25) is 0 Å². The first-order chi connectivity index (χ1) is 8.60. The minimum Gasteiger partial charge on any atom is -0.339 e. The third-order valence-electron chi connectivity index (χ3n) is 2.15. The summed E-state index contributed by atoms with van der Waals surface area (Å²) in [5, 5.41) is 4.38. The van der Waals surface area contributed by atoms with Crippen LogP contribution in [0.25, 0.3) is 0 Å². The Hall–Kier alpha value is -1.20. The van der Waals surface area contributed by atoms with Gasteiger partial charge in [-0.25, -0.2) is 10.8 Å². The van der Waals surface area contributed by atoms with E-state index >= 15 is 0 Å². The zero-order valence-corrected chi connectivity index (χ0v) is 11.3. The summed E-state index contributed by atoms with van der Waals surface area (Å²) in [7, 11) is 0. The smallest absolute Gasteiger partial charge is 0.161 e. The van der Waals surface area contributed by atoms with E-state index in [2.05, 4.69) is 15.7 Å². The van der Waals surface area contributed by atoms with Crippen LogP contribution in [0.3, 0.4) is 0 Å². The van der Waals surface area contributed by atoms with Crippen LogP contribution in [0.2, 0.25) is 15.1 Å². The monoisotopic (exact) mass is 302 g/mol. The van der Waals surface area contributed by atoms with Gasteiger partial charge < -0.3 is 10.7 Å². The van der Waals surface area contributed by atoms with Crippen molar-refractivity contribution >= 4 is 52.1 Å². The second-order valence-electron chi connectivity index (χ2n) is 3.43. The van der Waals surface area contributed by atoms with Gasteiger partial charge in [0, 0.05) is 10.7 Å². The molecule has 0 saturated carbocycles. The summed E-state index contributed by atoms with van der Waals surface area (Å²) in [4.78, 5) is 4.16. The molecule has 94 valence electrons. The van der Waals surface area contributed by atoms with Crippen LogP contribution in [0.15, 0.2) is 30.3 Å². The molecule has 0 aliphatic heterocycles. The topological polar surface area (TPSA) is 63.0 Å². The van der Waals surface area contributed by atoms with E-state index < -0.39 is 0 Å². The maximum atomic E-state index is 6.04. The van der Waals surface area contributed by atoms with Crippen LogP contribution < -0.4 is 16.6 Å². The molecule has 4 N–H and O–H groups in total. The number of nitrogens with zero attached hydrogens (tertiary/aromatic N) is 1. The molecule has 2 aromatic rings. The van der Waals surface area contributed by atoms with Gasteiger partial charge in [-0.1, -0.05) is 40.9 Å². The van der Waals surface area contributed by atoms with E-state index in [4.69, 9.17) is 40.6 Å². The van der Waals surface area contributed by atoms with Gasteiger partial charge in [0.15, 0.2) is 11.6 Å². The fourth-order valence-corrected chi connectivity index (χ4v) is 2.01. The minimum atomic E-state index is 0.339. The van der Waals surface area contributed by atoms with Crippen molar-refractivity contribution in [2.45, 2.75) is 0 Å². The highest BCUT2D eigenvalue weighted by atomic mass is 35.5. The Morgan fingerprint density at radius 1 is 1.00 bits per heavy atom. The molecule has 0 saturated heterocycles. The fourth-order valence-electron chi connectivity index (χ4n) is 1.36. The number of rotatable bonds is 3. The lowest BCUT2D eigenvalue weighted by molar-refractivity contribution is 1.22. The van der Waals surface area contributed by atoms with E-state index in [0.29, 0.717) is 26.7 Å². The van der Waals surface area contributed by atoms with Gasteiger partial charge in [-0.15, -0.1) is 0 Å². The first-order valence-corrected chi connectivity index (χ1v) is 6.09. The average Bonchev–Trinajstić information content (AvgIpc) is 2.33. The van der Waals surface area contributed by atoms with Crippen LogP contribution >= 0.6 is 34.8 Å². The summed E-state index contributed by atoms with van der Waals surface area (Å²) >= 11 is 17.8. The summed E-state index contributed by atoms with van der Waals surface area (Å²) < 4.78 is 0. The molecule has 0 fully saturated rings. The third kappa shape index (κ3) is 2.97. The van der Waals surface area contributed by atoms with E-state index in [0.717, 1.165) is 5.69 Å². The lowest BCUT2D eigenvalue weighted by Crippen LogP contribution is -2.10. The molecule has 0 aliphatic carbocycles. The van der Waals surface area contributed by atoms with Crippen LogP contribution in [0, 0.1) is 0 Å². The highest BCUT2D eigenvalue weighted by Gasteiger charge is 2.08. The summed E-state index contributed by atoms with van der Waals surface area (Å²) in [6.45, 7) is 0. The summed E-state index contributed by atoms with van der Waals surface area (Å²) in [6, 6.07) is 8.74. The molecule has 1 aromatic heterocycles. The fraction of sp³-hybridized carbons (Fsp3) is 0. The predicted octanol–water partition coefficient (Wildman–Crippen LogP) is 4.07. The minimum absolute atomic E-state index is 0.339. The molecule has 1 heterocycles. The molecule has 1 aromatic carbocycles. The maximum Gasteiger partial charge on any atom is 0.161 e. The molecule has 0 amide bonds. The van der Waals surface area contributed by atoms with Crippen molar-refractivity contribution in [3.05, 3.63) is 45.4 Å². The number of nitrogen functional groups attached to an aromatic ring is 1. The molecule has 0 spiro atoms. The summed E-state index contributed by atoms with van der Waals surface area (Å²) in [6.07, 6.45) is 0. The SMILES string of the molecule is NNc1nc(Nc2cccc(Cl)c2)c(Cl)cc1Cl. The lowest BCUT2D eigenvalue weighted by Gasteiger charge is -2.10. The predicted molar refractivity (Wildman–Crippen MR) is 76.8 cm³/mol. The van der Waals surface area contributed by atoms with Crippen molar-refractivity contribution < 1.29 is 0 Å². The molecule has 0 unspecified atom stereocenters. The van der Waals surface area contributed by atoms with Gasteiger partial charge >= 0.3 is 0 Å². The Bertz CT molecular complexity index is 574. The molecule has 0 atom stereocenters. The number of pyridine rings is 1. The van der Waals surface area contributed by atoms with Gasteiger partial charge in [0.1, 0.15) is 0 Å². The van der Waals surface area contributed by atoms with Gasteiger partial charge in [0.2, 0.25) is 0 Å². The van der Waals surface area contributed by atoms with Crippen molar-refractivity contribution in [1.29, 1.82) is 0 Å². The molecule has 18 heavy (non-hydrogen) atoms. The number of nitrogens with two attached hydrogens (primary N) is 1. The average molecular weight is 304 g/mol. The van der Waals surface area contributed by atoms with Gasteiger partial charge in [0.05, 0.1) is 10.0 Å². The molecule has 7 heteroatoms. The first-order valence-electron chi connectivity index (χ1n) is 4.95. The molecular weight excluding hydrogens is 295 g/mol. The van der Waals surface area contributed by atoms with Crippen LogP contribution in [-0.2, 0) is 0 Å². The number of halogens is 3. The van der Waals surface area contributed by atoms with E-state index in [1.807, 2.05) is 12.1 Å². The number of hydrogen-bond donors (Lipinski definition) is 3. The maximum absolute atomic E-state index is 6.04. The van der Waals surface area contributed by atoms with E-state index in [9.17, 15) is 0 Å². The van der Waals surface area contributed by atoms with Gasteiger partial charge in [-0.2, -0.15) is 0 Å². The number of benzene rings is 1. The zero-order chi connectivity index (χ0) is 13.1. The molecule has 0 radical (unpaired) electrons. The number of hydrogen-bond acceptors (Lipinski definition) is 4. The molecule has 2 rings (SSSR count). The lowest BCUT2D eigenvalue weighted by atomic mass is 10.3. The number of aromatic nitrogens is 1. The normalized spacial score (nSPS) is 10.2. The Labute approximate surface area is 119 Å². The Balaban J connectivity index is 2.34. The van der Waals surface area contributed by atoms with Crippen LogP contribution in [0.4, 0.5) is 17.3 Å². The van der Waals surface area contributed by atoms with E-state index in [1.54, 1.807) is 18.2 Å². The van der Waals surface area contributed by atoms with Gasteiger partial charge in [-0.05, 0) is 24.3 Å². The Morgan fingerprint density at radius 2 is 1.72 bits per heavy atom. The molecule has 0 aliphatic rings. The standard InChI is InChI=1S/C11H9Cl3N4/c12-6-2-1-3-7(4-6)16-10-8(13)5-9(14)11(17-10)18-15/h1-5H,15H2,(H2,16,17,18). The van der Waals surface area contributed by atoms with Crippen molar-refractivity contribution in [3.8, 4) is 0 Å². The largest absolute Gasteiger partial charge is 0.339 e. The van der Waals surface area contributed by atoms with Crippen LogP contribution in [-0.4, -0.2) is 4.98 Å². The zero-order valence-electron chi connectivity index (χ0n) is 9.05. The third-order valence-corrected chi connectivity index (χ3v) is 2.96. The van der Waals surface area contributed by atoms with E-state index in [1.165, 1.54) is 0 Å². The highest BCUT2D eigenvalue weighted by molar-refractivity contribution is 6.37. The van der Waals surface area contributed by atoms with Crippen LogP contribution in [0.1, 0.15) is 0 Å². The van der Waals surface area contributed by atoms with Crippen molar-refractivity contribution in [2.75, 3.05) is 10.7 Å². The van der Waals surface area contributed by atoms with Crippen molar-refractivity contribution in [2.24, 2.45) is 5.84 Å².